The molecule has 1 aromatic rings. The lowest BCUT2D eigenvalue weighted by Gasteiger charge is -2.28. The van der Waals surface area contributed by atoms with Crippen molar-refractivity contribution in [3.63, 3.8) is 0 Å². The zero-order chi connectivity index (χ0) is 12.5. The highest BCUT2D eigenvalue weighted by Gasteiger charge is 2.29. The van der Waals surface area contributed by atoms with E-state index in [1.54, 1.807) is 0 Å². The molecule has 1 atom stereocenters. The molecule has 4 heteroatoms. The number of fused-ring (bicyclic) bond motifs is 1. The summed E-state index contributed by atoms with van der Waals surface area (Å²) in [7, 11) is 0. The van der Waals surface area contributed by atoms with Gasteiger partial charge in [0.05, 0.1) is 15.2 Å². The highest BCUT2D eigenvalue weighted by molar-refractivity contribution is 9.10. The Balaban J connectivity index is 1.85. The molecular formula is C14H18BrClN2. The number of rotatable bonds is 1. The van der Waals surface area contributed by atoms with Crippen molar-refractivity contribution in [3.8, 4) is 0 Å². The van der Waals surface area contributed by atoms with Gasteiger partial charge in [-0.15, -0.1) is 0 Å². The Morgan fingerprint density at radius 3 is 2.89 bits per heavy atom. The smallest absolute Gasteiger partial charge is 0.0595 e. The lowest BCUT2D eigenvalue weighted by atomic mass is 10.2. The third kappa shape index (κ3) is 2.40. The third-order valence-corrected chi connectivity index (χ3v) is 5.45. The molecule has 2 aliphatic heterocycles. The number of anilines is 1. The van der Waals surface area contributed by atoms with Gasteiger partial charge in [-0.3, -0.25) is 4.90 Å². The molecule has 0 radical (unpaired) electrons. The zero-order valence-electron chi connectivity index (χ0n) is 10.4. The lowest BCUT2D eigenvalue weighted by molar-refractivity contribution is 0.273. The molecule has 1 unspecified atom stereocenters. The third-order valence-electron chi connectivity index (χ3n) is 4.08. The Hall–Kier alpha value is -0.250. The van der Waals surface area contributed by atoms with Gasteiger partial charge in [0, 0.05) is 25.7 Å². The molecule has 18 heavy (non-hydrogen) atoms. The van der Waals surface area contributed by atoms with Crippen molar-refractivity contribution < 1.29 is 0 Å². The van der Waals surface area contributed by atoms with Crippen LogP contribution in [0.1, 0.15) is 19.3 Å². The first kappa shape index (κ1) is 12.8. The molecule has 1 aromatic carbocycles. The summed E-state index contributed by atoms with van der Waals surface area (Å²) in [6.45, 7) is 4.81. The first-order valence-corrected chi connectivity index (χ1v) is 7.86. The Bertz CT molecular complexity index is 438. The molecule has 0 spiro atoms. The van der Waals surface area contributed by atoms with Crippen molar-refractivity contribution in [2.75, 3.05) is 31.1 Å². The minimum atomic E-state index is 0.735. The zero-order valence-corrected chi connectivity index (χ0v) is 12.8. The first-order chi connectivity index (χ1) is 8.75. The number of benzene rings is 1. The molecule has 0 aromatic heterocycles. The van der Waals surface area contributed by atoms with Crippen LogP contribution >= 0.6 is 27.5 Å². The van der Waals surface area contributed by atoms with E-state index in [0.29, 0.717) is 0 Å². The quantitative estimate of drug-likeness (QED) is 0.774. The van der Waals surface area contributed by atoms with E-state index in [9.17, 15) is 0 Å². The van der Waals surface area contributed by atoms with Crippen LogP contribution in [0, 0.1) is 0 Å². The van der Waals surface area contributed by atoms with E-state index in [-0.39, 0.29) is 0 Å². The van der Waals surface area contributed by atoms with Gasteiger partial charge in [0.15, 0.2) is 0 Å². The van der Waals surface area contributed by atoms with Gasteiger partial charge in [-0.25, -0.2) is 0 Å². The number of hydrogen-bond acceptors (Lipinski definition) is 2. The second-order valence-corrected chi connectivity index (χ2v) is 6.40. The fourth-order valence-electron chi connectivity index (χ4n) is 3.16. The van der Waals surface area contributed by atoms with E-state index < -0.39 is 0 Å². The van der Waals surface area contributed by atoms with Gasteiger partial charge in [-0.1, -0.05) is 17.7 Å². The normalized spacial score (nSPS) is 25.0. The molecule has 2 fully saturated rings. The van der Waals surface area contributed by atoms with Crippen molar-refractivity contribution in [1.82, 2.24) is 4.90 Å². The van der Waals surface area contributed by atoms with Gasteiger partial charge in [0.25, 0.3) is 0 Å². The minimum absolute atomic E-state index is 0.735. The summed E-state index contributed by atoms with van der Waals surface area (Å²) in [5, 5.41) is 0.806. The van der Waals surface area contributed by atoms with Crippen LogP contribution in [0.15, 0.2) is 22.7 Å². The maximum Gasteiger partial charge on any atom is 0.0595 e. The predicted octanol–water partition coefficient (Wildman–Crippen LogP) is 3.78. The van der Waals surface area contributed by atoms with E-state index in [4.69, 9.17) is 11.6 Å². The van der Waals surface area contributed by atoms with Crippen LogP contribution in [0.5, 0.6) is 0 Å². The van der Waals surface area contributed by atoms with E-state index >= 15 is 0 Å². The molecule has 2 aliphatic rings. The Kier molecular flexibility index (Phi) is 3.83. The molecule has 0 N–H and O–H groups in total. The molecule has 0 saturated carbocycles. The summed E-state index contributed by atoms with van der Waals surface area (Å²) in [6.07, 6.45) is 3.94. The van der Waals surface area contributed by atoms with Crippen molar-refractivity contribution >= 4 is 33.2 Å². The standard InChI is InChI=1S/C14H18BrClN2/c15-14-12(16)5-1-6-13(14)18-9-3-8-17-7-2-4-11(17)10-18/h1,5-6,11H,2-4,7-10H2. The van der Waals surface area contributed by atoms with Gasteiger partial charge in [-0.05, 0) is 53.9 Å². The first-order valence-electron chi connectivity index (χ1n) is 6.69. The highest BCUT2D eigenvalue weighted by atomic mass is 79.9. The van der Waals surface area contributed by atoms with Crippen LogP contribution in [-0.2, 0) is 0 Å². The van der Waals surface area contributed by atoms with Gasteiger partial charge in [0.1, 0.15) is 0 Å². The van der Waals surface area contributed by atoms with Crippen LogP contribution in [0.25, 0.3) is 0 Å². The van der Waals surface area contributed by atoms with Crippen molar-refractivity contribution in [3.05, 3.63) is 27.7 Å². The van der Waals surface area contributed by atoms with Crippen LogP contribution in [-0.4, -0.2) is 37.1 Å². The molecule has 3 rings (SSSR count). The van der Waals surface area contributed by atoms with Crippen molar-refractivity contribution in [2.45, 2.75) is 25.3 Å². The Labute approximate surface area is 122 Å². The average molecular weight is 330 g/mol. The fourth-order valence-corrected chi connectivity index (χ4v) is 3.85. The van der Waals surface area contributed by atoms with Gasteiger partial charge in [-0.2, -0.15) is 0 Å². The monoisotopic (exact) mass is 328 g/mol. The van der Waals surface area contributed by atoms with Crippen LogP contribution in [0.3, 0.4) is 0 Å². The van der Waals surface area contributed by atoms with Crippen LogP contribution in [0.4, 0.5) is 5.69 Å². The molecule has 0 aliphatic carbocycles. The maximum atomic E-state index is 6.20. The topological polar surface area (TPSA) is 6.48 Å². The van der Waals surface area contributed by atoms with Gasteiger partial charge >= 0.3 is 0 Å². The number of hydrogen-bond donors (Lipinski definition) is 0. The summed E-state index contributed by atoms with van der Waals surface area (Å²) in [6, 6.07) is 6.88. The molecular weight excluding hydrogens is 312 g/mol. The summed E-state index contributed by atoms with van der Waals surface area (Å²) in [4.78, 5) is 5.14. The molecule has 0 amide bonds. The molecule has 0 bridgehead atoms. The van der Waals surface area contributed by atoms with Crippen LogP contribution < -0.4 is 4.90 Å². The maximum absolute atomic E-state index is 6.20. The SMILES string of the molecule is Clc1cccc(N2CCCN3CCCC3C2)c1Br. The number of nitrogens with zero attached hydrogens (tertiary/aromatic N) is 2. The van der Waals surface area contributed by atoms with E-state index in [1.165, 1.54) is 38.0 Å². The van der Waals surface area contributed by atoms with Crippen molar-refractivity contribution in [1.29, 1.82) is 0 Å². The fraction of sp³-hybridized carbons (Fsp3) is 0.571. The van der Waals surface area contributed by atoms with Crippen molar-refractivity contribution in [2.24, 2.45) is 0 Å². The molecule has 98 valence electrons. The predicted molar refractivity (Wildman–Crippen MR) is 80.6 cm³/mol. The largest absolute Gasteiger partial charge is 0.369 e. The molecule has 2 heterocycles. The van der Waals surface area contributed by atoms with E-state index in [2.05, 4.69) is 31.8 Å². The second-order valence-electron chi connectivity index (χ2n) is 5.20. The average Bonchev–Trinajstić information content (AvgIpc) is 2.70. The summed E-state index contributed by atoms with van der Waals surface area (Å²) < 4.78 is 1.04. The Morgan fingerprint density at radius 2 is 2.00 bits per heavy atom. The van der Waals surface area contributed by atoms with E-state index in [0.717, 1.165) is 28.6 Å². The van der Waals surface area contributed by atoms with Gasteiger partial charge < -0.3 is 4.90 Å². The minimum Gasteiger partial charge on any atom is -0.369 e. The second kappa shape index (κ2) is 5.40. The number of halogens is 2. The van der Waals surface area contributed by atoms with E-state index in [1.807, 2.05) is 12.1 Å². The van der Waals surface area contributed by atoms with Gasteiger partial charge in [0.2, 0.25) is 0 Å². The summed E-state index contributed by atoms with van der Waals surface area (Å²) in [5.41, 5.74) is 1.25. The lowest BCUT2D eigenvalue weighted by Crippen LogP contribution is -2.36. The summed E-state index contributed by atoms with van der Waals surface area (Å²) in [5.74, 6) is 0. The molecule has 2 saturated heterocycles. The summed E-state index contributed by atoms with van der Waals surface area (Å²) >= 11 is 9.83. The highest BCUT2D eigenvalue weighted by Crippen LogP contribution is 2.34. The Morgan fingerprint density at radius 1 is 1.17 bits per heavy atom. The molecule has 2 nitrogen and oxygen atoms in total. The van der Waals surface area contributed by atoms with Crippen LogP contribution in [0.2, 0.25) is 5.02 Å².